The number of ether oxygens (including phenoxy) is 1. The second-order valence-electron chi connectivity index (χ2n) is 3.75. The third-order valence-electron chi connectivity index (χ3n) is 2.62. The normalized spacial score (nSPS) is 15.9. The molecule has 1 saturated heterocycles. The number of rotatable bonds is 4. The van der Waals surface area contributed by atoms with Crippen LogP contribution in [0.4, 0.5) is 5.69 Å². The van der Waals surface area contributed by atoms with Gasteiger partial charge in [0.15, 0.2) is 0 Å². The van der Waals surface area contributed by atoms with E-state index in [1.165, 1.54) is 0 Å². The summed E-state index contributed by atoms with van der Waals surface area (Å²) in [6, 6.07) is 5.68. The predicted molar refractivity (Wildman–Crippen MR) is 62.9 cm³/mol. The molecular weight excluding hydrogens is 212 g/mol. The quantitative estimate of drug-likeness (QED) is 0.824. The Hall–Kier alpha value is -0.930. The number of benzene rings is 1. The standard InChI is InChI=1S/C11H15ClN2O/c1-15-9-2-3-11(10(12)4-9)14-7-8-5-13-6-8/h2-4,8,13-14H,5-7H2,1H3. The van der Waals surface area contributed by atoms with E-state index in [2.05, 4.69) is 10.6 Å². The van der Waals surface area contributed by atoms with E-state index >= 15 is 0 Å². The number of nitrogens with one attached hydrogen (secondary N) is 2. The Morgan fingerprint density at radius 1 is 1.53 bits per heavy atom. The molecule has 0 aliphatic carbocycles. The molecule has 4 heteroatoms. The number of anilines is 1. The van der Waals surface area contributed by atoms with Gasteiger partial charge in [0.1, 0.15) is 5.75 Å². The summed E-state index contributed by atoms with van der Waals surface area (Å²) in [4.78, 5) is 0. The third kappa shape index (κ3) is 2.55. The minimum Gasteiger partial charge on any atom is -0.497 e. The predicted octanol–water partition coefficient (Wildman–Crippen LogP) is 1.98. The molecule has 82 valence electrons. The van der Waals surface area contributed by atoms with Crippen molar-refractivity contribution in [3.63, 3.8) is 0 Å². The fraction of sp³-hybridized carbons (Fsp3) is 0.455. The summed E-state index contributed by atoms with van der Waals surface area (Å²) in [5, 5.41) is 7.29. The molecule has 1 aromatic rings. The molecule has 2 rings (SSSR count). The Kier molecular flexibility index (Phi) is 3.34. The Balaban J connectivity index is 1.95. The molecule has 15 heavy (non-hydrogen) atoms. The summed E-state index contributed by atoms with van der Waals surface area (Å²) in [6.45, 7) is 3.17. The number of hydrogen-bond donors (Lipinski definition) is 2. The number of methoxy groups -OCH3 is 1. The molecule has 0 bridgehead atoms. The molecule has 0 spiro atoms. The van der Waals surface area contributed by atoms with Crippen LogP contribution in [0.25, 0.3) is 0 Å². The Morgan fingerprint density at radius 2 is 2.33 bits per heavy atom. The Labute approximate surface area is 94.8 Å². The maximum Gasteiger partial charge on any atom is 0.120 e. The van der Waals surface area contributed by atoms with Crippen LogP contribution in [-0.4, -0.2) is 26.7 Å². The van der Waals surface area contributed by atoms with Crippen molar-refractivity contribution in [2.75, 3.05) is 32.1 Å². The van der Waals surface area contributed by atoms with Gasteiger partial charge in [0.05, 0.1) is 17.8 Å². The first-order valence-electron chi connectivity index (χ1n) is 5.07. The van der Waals surface area contributed by atoms with Crippen LogP contribution in [-0.2, 0) is 0 Å². The fourth-order valence-electron chi connectivity index (χ4n) is 1.51. The van der Waals surface area contributed by atoms with Crippen molar-refractivity contribution < 1.29 is 4.74 Å². The summed E-state index contributed by atoms with van der Waals surface area (Å²) < 4.78 is 5.09. The molecule has 2 N–H and O–H groups in total. The smallest absolute Gasteiger partial charge is 0.120 e. The van der Waals surface area contributed by atoms with Crippen molar-refractivity contribution in [1.29, 1.82) is 0 Å². The molecule has 1 aromatic carbocycles. The van der Waals surface area contributed by atoms with Crippen molar-refractivity contribution in [3.8, 4) is 5.75 Å². The summed E-state index contributed by atoms with van der Waals surface area (Å²) in [5.41, 5.74) is 0.976. The van der Waals surface area contributed by atoms with Gasteiger partial charge in [-0.2, -0.15) is 0 Å². The SMILES string of the molecule is COc1ccc(NCC2CNC2)c(Cl)c1. The van der Waals surface area contributed by atoms with Crippen molar-refractivity contribution in [3.05, 3.63) is 23.2 Å². The van der Waals surface area contributed by atoms with Gasteiger partial charge in [-0.25, -0.2) is 0 Å². The van der Waals surface area contributed by atoms with E-state index in [0.717, 1.165) is 37.0 Å². The molecular formula is C11H15ClN2O. The van der Waals surface area contributed by atoms with Gasteiger partial charge in [-0.15, -0.1) is 0 Å². The largest absolute Gasteiger partial charge is 0.497 e. The van der Waals surface area contributed by atoms with Crippen LogP contribution in [0.2, 0.25) is 5.02 Å². The molecule has 0 amide bonds. The molecule has 0 radical (unpaired) electrons. The monoisotopic (exact) mass is 226 g/mol. The Bertz CT molecular complexity index is 339. The average molecular weight is 227 g/mol. The van der Waals surface area contributed by atoms with Gasteiger partial charge in [-0.05, 0) is 12.1 Å². The van der Waals surface area contributed by atoms with E-state index in [4.69, 9.17) is 16.3 Å². The molecule has 0 unspecified atom stereocenters. The van der Waals surface area contributed by atoms with Crippen LogP contribution < -0.4 is 15.4 Å². The van der Waals surface area contributed by atoms with Crippen molar-refractivity contribution in [2.45, 2.75) is 0 Å². The molecule has 1 heterocycles. The van der Waals surface area contributed by atoms with Gasteiger partial charge in [0.25, 0.3) is 0 Å². The lowest BCUT2D eigenvalue weighted by molar-refractivity contribution is 0.365. The first kappa shape index (κ1) is 10.6. The number of halogens is 1. The van der Waals surface area contributed by atoms with Crippen LogP contribution in [0.1, 0.15) is 0 Å². The van der Waals surface area contributed by atoms with Crippen LogP contribution in [0.15, 0.2) is 18.2 Å². The zero-order chi connectivity index (χ0) is 10.7. The first-order chi connectivity index (χ1) is 7.29. The summed E-state index contributed by atoms with van der Waals surface area (Å²) in [6.07, 6.45) is 0. The lowest BCUT2D eigenvalue weighted by atomic mass is 10.0. The lowest BCUT2D eigenvalue weighted by Crippen LogP contribution is -2.45. The maximum atomic E-state index is 6.09. The van der Waals surface area contributed by atoms with Crippen molar-refractivity contribution >= 4 is 17.3 Å². The van der Waals surface area contributed by atoms with Crippen LogP contribution in [0, 0.1) is 5.92 Å². The molecule has 3 nitrogen and oxygen atoms in total. The van der Waals surface area contributed by atoms with E-state index in [-0.39, 0.29) is 0 Å². The summed E-state index contributed by atoms with van der Waals surface area (Å²) in [7, 11) is 1.64. The minimum absolute atomic E-state index is 0.710. The molecule has 0 saturated carbocycles. The second-order valence-corrected chi connectivity index (χ2v) is 4.16. The highest BCUT2D eigenvalue weighted by molar-refractivity contribution is 6.33. The highest BCUT2D eigenvalue weighted by Crippen LogP contribution is 2.26. The van der Waals surface area contributed by atoms with E-state index in [1.807, 2.05) is 18.2 Å². The van der Waals surface area contributed by atoms with E-state index < -0.39 is 0 Å². The van der Waals surface area contributed by atoms with Gasteiger partial charge in [0.2, 0.25) is 0 Å². The topological polar surface area (TPSA) is 33.3 Å². The van der Waals surface area contributed by atoms with Gasteiger partial charge >= 0.3 is 0 Å². The van der Waals surface area contributed by atoms with Gasteiger partial charge in [-0.1, -0.05) is 11.6 Å². The van der Waals surface area contributed by atoms with Gasteiger partial charge in [0, 0.05) is 31.6 Å². The van der Waals surface area contributed by atoms with Gasteiger partial charge < -0.3 is 15.4 Å². The minimum atomic E-state index is 0.710. The zero-order valence-electron chi connectivity index (χ0n) is 8.72. The van der Waals surface area contributed by atoms with E-state index in [1.54, 1.807) is 7.11 Å². The molecule has 1 fully saturated rings. The van der Waals surface area contributed by atoms with Crippen molar-refractivity contribution in [2.24, 2.45) is 5.92 Å². The zero-order valence-corrected chi connectivity index (χ0v) is 9.47. The molecule has 0 aromatic heterocycles. The van der Waals surface area contributed by atoms with E-state index in [9.17, 15) is 0 Å². The molecule has 0 atom stereocenters. The van der Waals surface area contributed by atoms with Gasteiger partial charge in [-0.3, -0.25) is 0 Å². The van der Waals surface area contributed by atoms with E-state index in [0.29, 0.717) is 5.02 Å². The third-order valence-corrected chi connectivity index (χ3v) is 2.94. The van der Waals surface area contributed by atoms with Crippen LogP contribution in [0.3, 0.4) is 0 Å². The summed E-state index contributed by atoms with van der Waals surface area (Å²) in [5.74, 6) is 1.51. The first-order valence-corrected chi connectivity index (χ1v) is 5.45. The maximum absolute atomic E-state index is 6.09. The second kappa shape index (κ2) is 4.73. The highest BCUT2D eigenvalue weighted by atomic mass is 35.5. The summed E-state index contributed by atoms with van der Waals surface area (Å²) >= 11 is 6.09. The van der Waals surface area contributed by atoms with Crippen LogP contribution in [0.5, 0.6) is 5.75 Å². The van der Waals surface area contributed by atoms with Crippen molar-refractivity contribution in [1.82, 2.24) is 5.32 Å². The molecule has 1 aliphatic heterocycles. The van der Waals surface area contributed by atoms with Crippen LogP contribution >= 0.6 is 11.6 Å². The molecule has 1 aliphatic rings. The lowest BCUT2D eigenvalue weighted by Gasteiger charge is -2.27. The Morgan fingerprint density at radius 3 is 2.87 bits per heavy atom. The highest BCUT2D eigenvalue weighted by Gasteiger charge is 2.16. The number of hydrogen-bond acceptors (Lipinski definition) is 3. The average Bonchev–Trinajstić information content (AvgIpc) is 2.18. The fourth-order valence-corrected chi connectivity index (χ4v) is 1.75.